The minimum absolute atomic E-state index is 0.0108. The van der Waals surface area contributed by atoms with Gasteiger partial charge in [-0.05, 0) is 24.3 Å². The van der Waals surface area contributed by atoms with Gasteiger partial charge in [0.2, 0.25) is 0 Å². The zero-order valence-corrected chi connectivity index (χ0v) is 7.54. The second-order valence-electron chi connectivity index (χ2n) is 2.85. The maximum absolute atomic E-state index is 10.4. The number of rotatable bonds is 1. The van der Waals surface area contributed by atoms with Crippen molar-refractivity contribution in [3.8, 4) is 11.5 Å². The van der Waals surface area contributed by atoms with E-state index in [4.69, 9.17) is 5.11 Å². The van der Waals surface area contributed by atoms with E-state index in [1.807, 2.05) is 0 Å². The molecule has 76 valence electrons. The lowest BCUT2D eigenvalue weighted by Gasteiger charge is -2.05. The Morgan fingerprint density at radius 2 is 2.13 bits per heavy atom. The van der Waals surface area contributed by atoms with Crippen molar-refractivity contribution in [1.29, 1.82) is 0 Å². The third-order valence-corrected chi connectivity index (χ3v) is 1.91. The van der Waals surface area contributed by atoms with E-state index in [9.17, 15) is 9.90 Å². The second-order valence-corrected chi connectivity index (χ2v) is 2.85. The van der Waals surface area contributed by atoms with E-state index >= 15 is 0 Å². The molecule has 0 spiro atoms. The zero-order valence-electron chi connectivity index (χ0n) is 7.54. The summed E-state index contributed by atoms with van der Waals surface area (Å²) >= 11 is 0. The summed E-state index contributed by atoms with van der Waals surface area (Å²) in [6.45, 7) is 0. The van der Waals surface area contributed by atoms with Gasteiger partial charge in [-0.1, -0.05) is 0 Å². The van der Waals surface area contributed by atoms with Crippen molar-refractivity contribution >= 4 is 17.1 Å². The smallest absolute Gasteiger partial charge is 0.506 e. The van der Waals surface area contributed by atoms with Crippen molar-refractivity contribution in [1.82, 2.24) is 4.98 Å². The molecule has 5 heteroatoms. The average molecular weight is 205 g/mol. The summed E-state index contributed by atoms with van der Waals surface area (Å²) in [5.41, 5.74) is 0.316. The summed E-state index contributed by atoms with van der Waals surface area (Å²) in [4.78, 5) is 14.3. The number of ether oxygens (including phenoxy) is 1. The molecule has 0 saturated heterocycles. The lowest BCUT2D eigenvalue weighted by molar-refractivity contribution is 0.145. The molecule has 0 fully saturated rings. The third kappa shape index (κ3) is 1.67. The number of aromatic hydroxyl groups is 1. The van der Waals surface area contributed by atoms with Gasteiger partial charge in [-0.2, -0.15) is 0 Å². The fraction of sp³-hybridized carbons (Fsp3) is 0. The Morgan fingerprint density at radius 1 is 1.33 bits per heavy atom. The Labute approximate surface area is 84.6 Å². The lowest BCUT2D eigenvalue weighted by atomic mass is 10.2. The number of carboxylic acid groups (broad SMARTS) is 1. The molecule has 0 unspecified atom stereocenters. The highest BCUT2D eigenvalue weighted by Gasteiger charge is 2.09. The van der Waals surface area contributed by atoms with Gasteiger partial charge in [0, 0.05) is 11.6 Å². The van der Waals surface area contributed by atoms with Crippen LogP contribution in [0.25, 0.3) is 10.9 Å². The summed E-state index contributed by atoms with van der Waals surface area (Å²) in [6.07, 6.45) is 0.109. The van der Waals surface area contributed by atoms with Crippen molar-refractivity contribution in [2.24, 2.45) is 0 Å². The molecule has 0 amide bonds. The van der Waals surface area contributed by atoms with E-state index in [2.05, 4.69) is 9.72 Å². The van der Waals surface area contributed by atoms with Crippen LogP contribution in [0, 0.1) is 0 Å². The van der Waals surface area contributed by atoms with Gasteiger partial charge < -0.3 is 14.9 Å². The van der Waals surface area contributed by atoms with Gasteiger partial charge in [-0.15, -0.1) is 0 Å². The van der Waals surface area contributed by atoms with E-state index < -0.39 is 6.16 Å². The Hall–Kier alpha value is -2.30. The lowest BCUT2D eigenvalue weighted by Crippen LogP contribution is -2.03. The highest BCUT2D eigenvalue weighted by molar-refractivity contribution is 5.90. The number of hydrogen-bond acceptors (Lipinski definition) is 4. The molecular weight excluding hydrogens is 198 g/mol. The van der Waals surface area contributed by atoms with Crippen LogP contribution in [0.3, 0.4) is 0 Å². The number of phenolic OH excluding ortho intramolecular Hbond substituents is 1. The number of benzene rings is 1. The molecular formula is C10H7NO4. The molecule has 5 nitrogen and oxygen atoms in total. The minimum Gasteiger partial charge on any atom is -0.506 e. The van der Waals surface area contributed by atoms with Gasteiger partial charge in [-0.3, -0.25) is 4.98 Å². The number of aromatic nitrogens is 1. The van der Waals surface area contributed by atoms with Crippen LogP contribution in [0.2, 0.25) is 0 Å². The summed E-state index contributed by atoms with van der Waals surface area (Å²) in [5.74, 6) is 0.145. The number of hydrogen-bond donors (Lipinski definition) is 2. The number of nitrogens with zero attached hydrogens (tertiary/aromatic N) is 1. The molecule has 0 atom stereocenters. The topological polar surface area (TPSA) is 79.7 Å². The van der Waals surface area contributed by atoms with Crippen LogP contribution in [-0.2, 0) is 0 Å². The highest BCUT2D eigenvalue weighted by atomic mass is 16.7. The quantitative estimate of drug-likeness (QED) is 0.549. The molecule has 1 aromatic carbocycles. The first-order valence-electron chi connectivity index (χ1n) is 4.16. The van der Waals surface area contributed by atoms with Crippen LogP contribution >= 0.6 is 0 Å². The molecule has 0 bridgehead atoms. The summed E-state index contributed by atoms with van der Waals surface area (Å²) in [7, 11) is 0. The van der Waals surface area contributed by atoms with Gasteiger partial charge in [0.25, 0.3) is 0 Å². The molecule has 2 N–H and O–H groups in total. The van der Waals surface area contributed by atoms with E-state index in [0.717, 1.165) is 0 Å². The van der Waals surface area contributed by atoms with Crippen LogP contribution in [0.1, 0.15) is 0 Å². The molecule has 2 aromatic rings. The van der Waals surface area contributed by atoms with Crippen molar-refractivity contribution in [3.05, 3.63) is 30.5 Å². The van der Waals surface area contributed by atoms with Crippen LogP contribution in [0.4, 0.5) is 4.79 Å². The van der Waals surface area contributed by atoms with Crippen molar-refractivity contribution in [3.63, 3.8) is 0 Å². The van der Waals surface area contributed by atoms with E-state index in [1.165, 1.54) is 18.3 Å². The van der Waals surface area contributed by atoms with Crippen molar-refractivity contribution < 1.29 is 19.7 Å². The standard InChI is InChI=1S/C10H7NO4/c12-7-3-4-8(15-10(13)14)6-2-1-5-11-9(6)7/h1-5,12H,(H,13,14). The van der Waals surface area contributed by atoms with Gasteiger partial charge >= 0.3 is 6.16 Å². The predicted octanol–water partition coefficient (Wildman–Crippen LogP) is 2.00. The number of fused-ring (bicyclic) bond motifs is 1. The highest BCUT2D eigenvalue weighted by Crippen LogP contribution is 2.30. The molecule has 1 aromatic heterocycles. The molecule has 0 aliphatic heterocycles. The molecule has 0 saturated carbocycles. The average Bonchev–Trinajstić information content (AvgIpc) is 2.22. The van der Waals surface area contributed by atoms with Crippen LogP contribution in [-0.4, -0.2) is 21.4 Å². The van der Waals surface area contributed by atoms with Crippen molar-refractivity contribution in [2.75, 3.05) is 0 Å². The fourth-order valence-corrected chi connectivity index (χ4v) is 1.31. The van der Waals surface area contributed by atoms with E-state index in [0.29, 0.717) is 10.9 Å². The van der Waals surface area contributed by atoms with Crippen LogP contribution < -0.4 is 4.74 Å². The number of pyridine rings is 1. The summed E-state index contributed by atoms with van der Waals surface area (Å²) in [5, 5.41) is 18.4. The second kappa shape index (κ2) is 3.45. The molecule has 0 aliphatic rings. The van der Waals surface area contributed by atoms with Crippen LogP contribution in [0.5, 0.6) is 11.5 Å². The maximum Gasteiger partial charge on any atom is 0.511 e. The first-order valence-corrected chi connectivity index (χ1v) is 4.16. The monoisotopic (exact) mass is 205 g/mol. The Kier molecular flexibility index (Phi) is 2.13. The maximum atomic E-state index is 10.4. The normalized spacial score (nSPS) is 10.1. The zero-order chi connectivity index (χ0) is 10.8. The van der Waals surface area contributed by atoms with Gasteiger partial charge in [0.15, 0.2) is 0 Å². The first-order chi connectivity index (χ1) is 7.18. The summed E-state index contributed by atoms with van der Waals surface area (Å²) in [6, 6.07) is 5.98. The number of phenols is 1. The van der Waals surface area contributed by atoms with Gasteiger partial charge in [0.05, 0.1) is 0 Å². The van der Waals surface area contributed by atoms with Crippen molar-refractivity contribution in [2.45, 2.75) is 0 Å². The largest absolute Gasteiger partial charge is 0.511 e. The SMILES string of the molecule is O=C(O)Oc1ccc(O)c2ncccc12. The van der Waals surface area contributed by atoms with Gasteiger partial charge in [-0.25, -0.2) is 4.79 Å². The predicted molar refractivity (Wildman–Crippen MR) is 52.1 cm³/mol. The Balaban J connectivity index is 2.66. The fourth-order valence-electron chi connectivity index (χ4n) is 1.31. The van der Waals surface area contributed by atoms with E-state index in [1.54, 1.807) is 12.1 Å². The molecule has 0 aliphatic carbocycles. The Morgan fingerprint density at radius 3 is 2.87 bits per heavy atom. The van der Waals surface area contributed by atoms with Crippen LogP contribution in [0.15, 0.2) is 30.5 Å². The van der Waals surface area contributed by atoms with Gasteiger partial charge in [0.1, 0.15) is 17.0 Å². The number of carbonyl (C=O) groups is 1. The first kappa shape index (κ1) is 9.26. The molecule has 1 heterocycles. The molecule has 0 radical (unpaired) electrons. The Bertz CT molecular complexity index is 524. The molecule has 15 heavy (non-hydrogen) atoms. The van der Waals surface area contributed by atoms with E-state index in [-0.39, 0.29) is 11.5 Å². The summed E-state index contributed by atoms with van der Waals surface area (Å²) < 4.78 is 4.55. The minimum atomic E-state index is -1.40. The molecule has 2 rings (SSSR count). The third-order valence-electron chi connectivity index (χ3n) is 1.91.